The van der Waals surface area contributed by atoms with Crippen molar-refractivity contribution < 1.29 is 18.3 Å². The van der Waals surface area contributed by atoms with Crippen molar-refractivity contribution in [2.75, 3.05) is 25.3 Å². The number of hydrogen-bond acceptors (Lipinski definition) is 8. The van der Waals surface area contributed by atoms with Crippen molar-refractivity contribution in [1.82, 2.24) is 15.0 Å². The molecule has 1 atom stereocenters. The Bertz CT molecular complexity index is 1300. The van der Waals surface area contributed by atoms with Crippen LogP contribution in [-0.4, -0.2) is 48.4 Å². The van der Waals surface area contributed by atoms with Gasteiger partial charge in [-0.3, -0.25) is 4.98 Å². The second-order valence-corrected chi connectivity index (χ2v) is 10.5. The Morgan fingerprint density at radius 2 is 2.06 bits per heavy atom. The van der Waals surface area contributed by atoms with Gasteiger partial charge in [0.1, 0.15) is 5.75 Å². The zero-order valence-corrected chi connectivity index (χ0v) is 19.5. The van der Waals surface area contributed by atoms with E-state index in [1.54, 1.807) is 18.5 Å². The van der Waals surface area contributed by atoms with Gasteiger partial charge in [0, 0.05) is 41.4 Å². The SMILES string of the molecule is COc1cc(S(C)(=O)=O)c(Cl)cc1Nc1nccc(-c2cnc3c(c2)C(C)(CO)CC3)n1. The van der Waals surface area contributed by atoms with Crippen LogP contribution in [0, 0.1) is 0 Å². The van der Waals surface area contributed by atoms with Gasteiger partial charge in [-0.1, -0.05) is 18.5 Å². The monoisotopic (exact) mass is 474 g/mol. The predicted octanol–water partition coefficient (Wildman–Crippen LogP) is 3.54. The third-order valence-corrected chi connectivity index (χ3v) is 7.30. The van der Waals surface area contributed by atoms with Crippen LogP contribution < -0.4 is 10.1 Å². The van der Waals surface area contributed by atoms with Crippen molar-refractivity contribution in [3.63, 3.8) is 0 Å². The number of nitrogens with zero attached hydrogens (tertiary/aromatic N) is 3. The third kappa shape index (κ3) is 4.15. The summed E-state index contributed by atoms with van der Waals surface area (Å²) < 4.78 is 29.2. The molecule has 3 aromatic rings. The maximum absolute atomic E-state index is 11.9. The van der Waals surface area contributed by atoms with Crippen molar-refractivity contribution in [1.29, 1.82) is 0 Å². The summed E-state index contributed by atoms with van der Waals surface area (Å²) in [4.78, 5) is 13.4. The van der Waals surface area contributed by atoms with Gasteiger partial charge in [0.15, 0.2) is 9.84 Å². The number of fused-ring (bicyclic) bond motifs is 1. The molecule has 1 aromatic carbocycles. The van der Waals surface area contributed by atoms with Crippen LogP contribution in [0.3, 0.4) is 0 Å². The summed E-state index contributed by atoms with van der Waals surface area (Å²) in [6, 6.07) is 6.63. The molecule has 2 N–H and O–H groups in total. The van der Waals surface area contributed by atoms with Crippen LogP contribution in [0.5, 0.6) is 5.75 Å². The maximum Gasteiger partial charge on any atom is 0.227 e. The molecular formula is C22H23ClN4O4S. The Morgan fingerprint density at radius 3 is 2.75 bits per heavy atom. The minimum Gasteiger partial charge on any atom is -0.495 e. The van der Waals surface area contributed by atoms with E-state index in [2.05, 4.69) is 20.3 Å². The average molecular weight is 475 g/mol. The molecular weight excluding hydrogens is 452 g/mol. The van der Waals surface area contributed by atoms with Gasteiger partial charge in [0.25, 0.3) is 0 Å². The summed E-state index contributed by atoms with van der Waals surface area (Å²) in [5.74, 6) is 0.580. The zero-order valence-electron chi connectivity index (χ0n) is 17.9. The number of hydrogen-bond donors (Lipinski definition) is 2. The molecule has 0 bridgehead atoms. The van der Waals surface area contributed by atoms with E-state index in [0.717, 1.165) is 35.9 Å². The molecule has 0 amide bonds. The van der Waals surface area contributed by atoms with Crippen LogP contribution in [0.4, 0.5) is 11.6 Å². The second kappa shape index (κ2) is 8.31. The van der Waals surface area contributed by atoms with Crippen molar-refractivity contribution in [2.24, 2.45) is 0 Å². The first-order valence-corrected chi connectivity index (χ1v) is 12.2. The fraction of sp³-hybridized carbons (Fsp3) is 0.318. The van der Waals surface area contributed by atoms with Gasteiger partial charge >= 0.3 is 0 Å². The molecule has 1 aliphatic carbocycles. The molecule has 0 radical (unpaired) electrons. The number of sulfone groups is 1. The zero-order chi connectivity index (χ0) is 23.1. The van der Waals surface area contributed by atoms with Crippen LogP contribution in [0.2, 0.25) is 5.02 Å². The van der Waals surface area contributed by atoms with Gasteiger partial charge in [-0.2, -0.15) is 0 Å². The van der Waals surface area contributed by atoms with Gasteiger partial charge < -0.3 is 15.2 Å². The molecule has 10 heteroatoms. The minimum absolute atomic E-state index is 0.0209. The standard InChI is InChI=1S/C22H23ClN4O4S/c1-22(12-28)6-4-17-14(22)8-13(11-25-17)16-5-7-24-21(26-16)27-18-9-15(23)20(32(3,29)30)10-19(18)31-2/h5,7-11,28H,4,6,12H2,1-3H3,(H,24,26,27). The Labute approximate surface area is 191 Å². The number of rotatable bonds is 6. The highest BCUT2D eigenvalue weighted by Gasteiger charge is 2.35. The molecule has 0 spiro atoms. The van der Waals surface area contributed by atoms with Gasteiger partial charge in [-0.15, -0.1) is 0 Å². The quantitative estimate of drug-likeness (QED) is 0.557. The minimum atomic E-state index is -3.51. The van der Waals surface area contributed by atoms with E-state index in [-0.39, 0.29) is 27.9 Å². The molecule has 8 nitrogen and oxygen atoms in total. The maximum atomic E-state index is 11.9. The predicted molar refractivity (Wildman–Crippen MR) is 122 cm³/mol. The summed E-state index contributed by atoms with van der Waals surface area (Å²) in [6.45, 7) is 2.10. The van der Waals surface area contributed by atoms with Crippen LogP contribution in [0.25, 0.3) is 11.3 Å². The van der Waals surface area contributed by atoms with E-state index in [9.17, 15) is 13.5 Å². The Morgan fingerprint density at radius 1 is 1.28 bits per heavy atom. The highest BCUT2D eigenvalue weighted by molar-refractivity contribution is 7.90. The first-order valence-electron chi connectivity index (χ1n) is 9.93. The molecule has 32 heavy (non-hydrogen) atoms. The molecule has 1 unspecified atom stereocenters. The number of aromatic nitrogens is 3. The largest absolute Gasteiger partial charge is 0.495 e. The molecule has 2 heterocycles. The highest BCUT2D eigenvalue weighted by Crippen LogP contribution is 2.39. The van der Waals surface area contributed by atoms with Crippen LogP contribution in [0.1, 0.15) is 24.6 Å². The molecule has 0 saturated heterocycles. The van der Waals surface area contributed by atoms with Crippen molar-refractivity contribution in [3.05, 3.63) is 52.9 Å². The number of aliphatic hydroxyl groups is 1. The second-order valence-electron chi connectivity index (χ2n) is 8.08. The first kappa shape index (κ1) is 22.4. The van der Waals surface area contributed by atoms with Crippen LogP contribution in [-0.2, 0) is 21.7 Å². The van der Waals surface area contributed by atoms with Gasteiger partial charge in [0.2, 0.25) is 5.95 Å². The molecule has 2 aromatic heterocycles. The van der Waals surface area contributed by atoms with E-state index in [4.69, 9.17) is 16.3 Å². The molecule has 0 aliphatic heterocycles. The number of methoxy groups -OCH3 is 1. The lowest BCUT2D eigenvalue weighted by Crippen LogP contribution is -2.23. The van der Waals surface area contributed by atoms with Gasteiger partial charge in [0.05, 0.1) is 35.0 Å². The van der Waals surface area contributed by atoms with Crippen molar-refractivity contribution >= 4 is 33.1 Å². The number of pyridine rings is 1. The normalized spacial score (nSPS) is 17.8. The van der Waals surface area contributed by atoms with E-state index in [1.807, 2.05) is 13.0 Å². The van der Waals surface area contributed by atoms with Crippen LogP contribution >= 0.6 is 11.6 Å². The fourth-order valence-electron chi connectivity index (χ4n) is 3.83. The van der Waals surface area contributed by atoms with E-state index < -0.39 is 9.84 Å². The molecule has 1 aliphatic rings. The number of aryl methyl sites for hydroxylation is 1. The Kier molecular flexibility index (Phi) is 5.83. The first-order chi connectivity index (χ1) is 15.1. The number of benzene rings is 1. The van der Waals surface area contributed by atoms with E-state index >= 15 is 0 Å². The molecule has 0 fully saturated rings. The van der Waals surface area contributed by atoms with E-state index in [1.165, 1.54) is 19.2 Å². The number of halogens is 1. The number of nitrogens with one attached hydrogen (secondary N) is 1. The Balaban J connectivity index is 1.69. The number of aliphatic hydroxyl groups excluding tert-OH is 1. The summed E-state index contributed by atoms with van der Waals surface area (Å²) in [6.07, 6.45) is 6.16. The lowest BCUT2D eigenvalue weighted by atomic mass is 9.85. The lowest BCUT2D eigenvalue weighted by Gasteiger charge is -2.22. The average Bonchev–Trinajstić information content (AvgIpc) is 3.10. The summed E-state index contributed by atoms with van der Waals surface area (Å²) in [5, 5.41) is 13.0. The fourth-order valence-corrected chi connectivity index (χ4v) is 5.15. The highest BCUT2D eigenvalue weighted by atomic mass is 35.5. The van der Waals surface area contributed by atoms with Gasteiger partial charge in [-0.25, -0.2) is 18.4 Å². The van der Waals surface area contributed by atoms with Gasteiger partial charge in [-0.05, 0) is 36.6 Å². The topological polar surface area (TPSA) is 114 Å². The molecule has 168 valence electrons. The van der Waals surface area contributed by atoms with Crippen molar-refractivity contribution in [2.45, 2.75) is 30.1 Å². The number of ether oxygens (including phenoxy) is 1. The third-order valence-electron chi connectivity index (χ3n) is 5.73. The van der Waals surface area contributed by atoms with E-state index in [0.29, 0.717) is 17.1 Å². The molecule has 0 saturated carbocycles. The summed E-state index contributed by atoms with van der Waals surface area (Å²) in [7, 11) is -2.07. The summed E-state index contributed by atoms with van der Waals surface area (Å²) in [5.41, 5.74) is 3.63. The molecule has 4 rings (SSSR count). The van der Waals surface area contributed by atoms with Crippen LogP contribution in [0.15, 0.2) is 41.6 Å². The lowest BCUT2D eigenvalue weighted by molar-refractivity contribution is 0.206. The smallest absolute Gasteiger partial charge is 0.227 e. The summed E-state index contributed by atoms with van der Waals surface area (Å²) >= 11 is 6.19. The van der Waals surface area contributed by atoms with Crippen molar-refractivity contribution in [3.8, 4) is 17.0 Å². The number of anilines is 2. The Hall–Kier alpha value is -2.75.